The Hall–Kier alpha value is -2.97. The third kappa shape index (κ3) is 7.00. The van der Waals surface area contributed by atoms with Crippen molar-refractivity contribution >= 4 is 33.4 Å². The minimum atomic E-state index is -3.94. The summed E-state index contributed by atoms with van der Waals surface area (Å²) < 4.78 is 33.4. The van der Waals surface area contributed by atoms with Crippen molar-refractivity contribution in [2.45, 2.75) is 23.6 Å². The van der Waals surface area contributed by atoms with Gasteiger partial charge >= 0.3 is 0 Å². The van der Waals surface area contributed by atoms with Crippen molar-refractivity contribution in [2.75, 3.05) is 29.8 Å². The summed E-state index contributed by atoms with van der Waals surface area (Å²) in [5, 5.41) is 2.83. The Kier molecular flexibility index (Phi) is 8.79. The van der Waals surface area contributed by atoms with Crippen molar-refractivity contribution in [3.05, 3.63) is 84.4 Å². The summed E-state index contributed by atoms with van der Waals surface area (Å²) >= 11 is 1.63. The topological polar surface area (TPSA) is 75.7 Å². The number of thioether (sulfide) groups is 1. The van der Waals surface area contributed by atoms with E-state index in [9.17, 15) is 13.2 Å². The lowest BCUT2D eigenvalue weighted by Crippen LogP contribution is -2.41. The van der Waals surface area contributed by atoms with E-state index >= 15 is 0 Å². The minimum absolute atomic E-state index is 0.134. The predicted molar refractivity (Wildman–Crippen MR) is 133 cm³/mol. The third-order valence-electron chi connectivity index (χ3n) is 4.77. The molecular formula is C25H28N2O4S2. The molecule has 0 spiro atoms. The Bertz CT molecular complexity index is 1130. The number of hydrogen-bond acceptors (Lipinski definition) is 5. The number of carbonyl (C=O) groups is 1. The fourth-order valence-corrected chi connectivity index (χ4v) is 5.30. The number of ether oxygens (including phenoxy) is 1. The zero-order chi connectivity index (χ0) is 23.7. The van der Waals surface area contributed by atoms with Crippen LogP contribution in [0.1, 0.15) is 12.5 Å². The lowest BCUT2D eigenvalue weighted by molar-refractivity contribution is -0.119. The number of aryl methyl sites for hydroxylation is 1. The van der Waals surface area contributed by atoms with Crippen LogP contribution in [0.25, 0.3) is 0 Å². The molecule has 1 N–H and O–H groups in total. The summed E-state index contributed by atoms with van der Waals surface area (Å²) in [6, 6.07) is 23.2. The molecule has 0 aliphatic rings. The second-order valence-corrected chi connectivity index (χ2v) is 10.3. The molecule has 33 heavy (non-hydrogen) atoms. The van der Waals surface area contributed by atoms with Gasteiger partial charge in [-0.05, 0) is 62.4 Å². The van der Waals surface area contributed by atoms with Gasteiger partial charge in [-0.1, -0.05) is 35.9 Å². The molecule has 8 heteroatoms. The first-order valence-corrected chi connectivity index (χ1v) is 13.1. The molecule has 0 aliphatic heterocycles. The SMILES string of the molecule is CCOc1ccc(N(CC(=O)NCCSc2ccccc2)S(=O)(=O)c2ccc(C)cc2)cc1. The molecule has 0 saturated heterocycles. The van der Waals surface area contributed by atoms with Gasteiger partial charge < -0.3 is 10.1 Å². The lowest BCUT2D eigenvalue weighted by atomic mass is 10.2. The molecular weight excluding hydrogens is 456 g/mol. The normalized spacial score (nSPS) is 11.1. The van der Waals surface area contributed by atoms with Gasteiger partial charge in [0, 0.05) is 17.2 Å². The number of hydrogen-bond donors (Lipinski definition) is 1. The molecule has 3 aromatic rings. The summed E-state index contributed by atoms with van der Waals surface area (Å²) in [5.74, 6) is 0.952. The van der Waals surface area contributed by atoms with E-state index in [-0.39, 0.29) is 17.3 Å². The van der Waals surface area contributed by atoms with Crippen LogP contribution in [0.2, 0.25) is 0 Å². The first-order valence-electron chi connectivity index (χ1n) is 10.7. The van der Waals surface area contributed by atoms with Crippen LogP contribution in [-0.2, 0) is 14.8 Å². The summed E-state index contributed by atoms with van der Waals surface area (Å²) in [6.45, 7) is 4.39. The zero-order valence-corrected chi connectivity index (χ0v) is 20.4. The minimum Gasteiger partial charge on any atom is -0.494 e. The molecule has 3 aromatic carbocycles. The molecule has 1 amide bonds. The Morgan fingerprint density at radius 1 is 0.970 bits per heavy atom. The van der Waals surface area contributed by atoms with E-state index in [1.807, 2.05) is 44.2 Å². The first kappa shape index (κ1) is 24.7. The number of amides is 1. The smallest absolute Gasteiger partial charge is 0.264 e. The van der Waals surface area contributed by atoms with E-state index in [0.29, 0.717) is 30.3 Å². The molecule has 0 radical (unpaired) electrons. The second-order valence-electron chi connectivity index (χ2n) is 7.26. The average molecular weight is 485 g/mol. The van der Waals surface area contributed by atoms with Crippen LogP contribution in [0.4, 0.5) is 5.69 Å². The molecule has 3 rings (SSSR count). The van der Waals surface area contributed by atoms with Crippen LogP contribution >= 0.6 is 11.8 Å². The van der Waals surface area contributed by atoms with Crippen LogP contribution in [0.5, 0.6) is 5.75 Å². The van der Waals surface area contributed by atoms with Crippen LogP contribution < -0.4 is 14.4 Å². The van der Waals surface area contributed by atoms with Gasteiger partial charge in [-0.2, -0.15) is 0 Å². The molecule has 0 bridgehead atoms. The number of carbonyl (C=O) groups excluding carboxylic acids is 1. The largest absolute Gasteiger partial charge is 0.494 e. The third-order valence-corrected chi connectivity index (χ3v) is 7.57. The lowest BCUT2D eigenvalue weighted by Gasteiger charge is -2.24. The van der Waals surface area contributed by atoms with Gasteiger partial charge in [0.25, 0.3) is 10.0 Å². The predicted octanol–water partition coefficient (Wildman–Crippen LogP) is 4.50. The Balaban J connectivity index is 1.73. The van der Waals surface area contributed by atoms with Crippen molar-refractivity contribution in [2.24, 2.45) is 0 Å². The van der Waals surface area contributed by atoms with Gasteiger partial charge in [-0.15, -0.1) is 11.8 Å². The van der Waals surface area contributed by atoms with Gasteiger partial charge in [0.2, 0.25) is 5.91 Å². The van der Waals surface area contributed by atoms with Gasteiger partial charge in [0.05, 0.1) is 17.2 Å². The van der Waals surface area contributed by atoms with Crippen molar-refractivity contribution in [3.63, 3.8) is 0 Å². The molecule has 0 atom stereocenters. The molecule has 0 aliphatic carbocycles. The number of sulfonamides is 1. The zero-order valence-electron chi connectivity index (χ0n) is 18.7. The highest BCUT2D eigenvalue weighted by Crippen LogP contribution is 2.26. The second kappa shape index (κ2) is 11.8. The summed E-state index contributed by atoms with van der Waals surface area (Å²) in [5.41, 5.74) is 1.35. The molecule has 0 aromatic heterocycles. The summed E-state index contributed by atoms with van der Waals surface area (Å²) in [4.78, 5) is 13.9. The number of nitrogens with zero attached hydrogens (tertiary/aromatic N) is 1. The monoisotopic (exact) mass is 484 g/mol. The maximum atomic E-state index is 13.4. The Labute approximate surface area is 200 Å². The quantitative estimate of drug-likeness (QED) is 0.320. The maximum Gasteiger partial charge on any atom is 0.264 e. The highest BCUT2D eigenvalue weighted by atomic mass is 32.2. The number of rotatable bonds is 11. The van der Waals surface area contributed by atoms with Gasteiger partial charge in [0.15, 0.2) is 0 Å². The molecule has 0 unspecified atom stereocenters. The first-order chi connectivity index (χ1) is 15.9. The van der Waals surface area contributed by atoms with Crippen molar-refractivity contribution in [1.29, 1.82) is 0 Å². The van der Waals surface area contributed by atoms with Crippen molar-refractivity contribution in [3.8, 4) is 5.75 Å². The molecule has 6 nitrogen and oxygen atoms in total. The fourth-order valence-electron chi connectivity index (χ4n) is 3.09. The Morgan fingerprint density at radius 3 is 2.27 bits per heavy atom. The Morgan fingerprint density at radius 2 is 1.64 bits per heavy atom. The molecule has 174 valence electrons. The van der Waals surface area contributed by atoms with E-state index < -0.39 is 10.0 Å². The fraction of sp³-hybridized carbons (Fsp3) is 0.240. The van der Waals surface area contributed by atoms with E-state index in [0.717, 1.165) is 14.8 Å². The molecule has 0 saturated carbocycles. The molecule has 0 fully saturated rings. The van der Waals surface area contributed by atoms with E-state index in [2.05, 4.69) is 5.32 Å². The maximum absolute atomic E-state index is 13.4. The van der Waals surface area contributed by atoms with E-state index in [1.54, 1.807) is 60.3 Å². The van der Waals surface area contributed by atoms with Crippen molar-refractivity contribution in [1.82, 2.24) is 5.32 Å². The van der Waals surface area contributed by atoms with Crippen molar-refractivity contribution < 1.29 is 17.9 Å². The van der Waals surface area contributed by atoms with E-state index in [1.165, 1.54) is 0 Å². The van der Waals surface area contributed by atoms with E-state index in [4.69, 9.17) is 4.74 Å². The van der Waals surface area contributed by atoms with Gasteiger partial charge in [0.1, 0.15) is 12.3 Å². The number of benzene rings is 3. The standard InChI is InChI=1S/C25H28N2O4S2/c1-3-31-22-13-11-21(12-14-22)27(33(29,30)24-15-9-20(2)10-16-24)19-25(28)26-17-18-32-23-7-5-4-6-8-23/h4-16H,3,17-19H2,1-2H3,(H,26,28). The average Bonchev–Trinajstić information content (AvgIpc) is 2.82. The highest BCUT2D eigenvalue weighted by molar-refractivity contribution is 7.99. The molecule has 0 heterocycles. The van der Waals surface area contributed by atoms with Crippen LogP contribution in [0.15, 0.2) is 88.7 Å². The number of nitrogens with one attached hydrogen (secondary N) is 1. The summed E-state index contributed by atoms with van der Waals surface area (Å²) in [6.07, 6.45) is 0. The van der Waals surface area contributed by atoms with Crippen LogP contribution in [-0.4, -0.2) is 39.8 Å². The highest BCUT2D eigenvalue weighted by Gasteiger charge is 2.27. The van der Waals surface area contributed by atoms with Gasteiger partial charge in [-0.25, -0.2) is 8.42 Å². The summed E-state index contributed by atoms with van der Waals surface area (Å²) in [7, 11) is -3.94. The van der Waals surface area contributed by atoms with Gasteiger partial charge in [-0.3, -0.25) is 9.10 Å². The number of anilines is 1. The van der Waals surface area contributed by atoms with Crippen LogP contribution in [0.3, 0.4) is 0 Å². The van der Waals surface area contributed by atoms with Crippen LogP contribution in [0, 0.1) is 6.92 Å².